The molecule has 0 spiro atoms. The molecule has 12 heteroatoms. The summed E-state index contributed by atoms with van der Waals surface area (Å²) < 4.78 is 61.9. The molecule has 0 saturated heterocycles. The van der Waals surface area contributed by atoms with E-state index in [0.717, 1.165) is 11.1 Å². The minimum Gasteiger partial charge on any atom is -0.722 e. The Morgan fingerprint density at radius 3 is 2.09 bits per heavy atom. The normalized spacial score (nSPS) is 11.8. The number of fused-ring (bicyclic) bond motifs is 2. The van der Waals surface area contributed by atoms with E-state index in [9.17, 15) is 22.2 Å². The molecule has 0 bridgehead atoms. The summed E-state index contributed by atoms with van der Waals surface area (Å²) in [5.74, 6) is -1.08. The predicted molar refractivity (Wildman–Crippen MR) is 128 cm³/mol. The van der Waals surface area contributed by atoms with Crippen molar-refractivity contribution in [1.29, 1.82) is 0 Å². The number of hydrogen-bond acceptors (Lipinski definition) is 6. The fourth-order valence-electron chi connectivity index (χ4n) is 4.10. The van der Waals surface area contributed by atoms with Gasteiger partial charge in [-0.2, -0.15) is 4.57 Å². The molecular weight excluding hydrogens is 521 g/mol. The highest BCUT2D eigenvalue weighted by Gasteiger charge is 2.30. The molecule has 0 unspecified atom stereocenters. The molecule has 0 aliphatic rings. The van der Waals surface area contributed by atoms with Gasteiger partial charge in [0, 0.05) is 28.4 Å². The summed E-state index contributed by atoms with van der Waals surface area (Å²) in [4.78, 5) is 12.4. The van der Waals surface area contributed by atoms with Gasteiger partial charge in [-0.3, -0.25) is 0 Å². The molecule has 1 N–H and O–H groups in total. The number of hydrogen-bond donors (Lipinski definition) is 1. The van der Waals surface area contributed by atoms with Crippen molar-refractivity contribution in [2.45, 2.75) is 18.7 Å². The van der Waals surface area contributed by atoms with Crippen LogP contribution in [-0.2, 0) is 26.6 Å². The highest BCUT2D eigenvalue weighted by molar-refractivity contribution is 8.13. The summed E-state index contributed by atoms with van der Waals surface area (Å²) in [5.41, 5.74) is 3.96. The van der Waals surface area contributed by atoms with Crippen LogP contribution in [0.3, 0.4) is 0 Å². The molecule has 0 aliphatic carbocycles. The monoisotopic (exact) mass is 539 g/mol. The Morgan fingerprint density at radius 1 is 1.00 bits per heavy atom. The molecule has 0 aliphatic heterocycles. The smallest absolute Gasteiger partial charge is 0.337 e. The number of halogens is 2. The summed E-state index contributed by atoms with van der Waals surface area (Å²) >= 11 is 0. The van der Waals surface area contributed by atoms with Crippen molar-refractivity contribution in [1.82, 2.24) is 0 Å². The van der Waals surface area contributed by atoms with E-state index in [1.54, 1.807) is 20.0 Å². The van der Waals surface area contributed by atoms with E-state index in [1.807, 2.05) is 54.0 Å². The van der Waals surface area contributed by atoms with Gasteiger partial charge in [-0.15, -0.1) is 3.89 Å². The standard InChI is InChI=1S/C23H18ClNO4S.FHO3S/c1-13-9-10-16-17(11-13)25(3)18-12-19(30(24,28)29)14(2)20(15-7-5-4-6-8-15)22(18)21(16)23(26)27;1-5(2,3)4/h4-12H,1-3H3;(H,2,3,4). The van der Waals surface area contributed by atoms with Crippen molar-refractivity contribution in [2.75, 3.05) is 0 Å². The number of rotatable bonds is 3. The second kappa shape index (κ2) is 9.50. The minimum atomic E-state index is -5.42. The molecule has 4 aromatic rings. The lowest BCUT2D eigenvalue weighted by molar-refractivity contribution is -0.617. The number of aromatic nitrogens is 1. The zero-order valence-electron chi connectivity index (χ0n) is 18.6. The van der Waals surface area contributed by atoms with Gasteiger partial charge < -0.3 is 9.66 Å². The predicted octanol–water partition coefficient (Wildman–Crippen LogP) is 4.14. The Labute approximate surface area is 205 Å². The summed E-state index contributed by atoms with van der Waals surface area (Å²) in [6.07, 6.45) is 0. The fraction of sp³-hybridized carbons (Fsp3) is 0.130. The van der Waals surface area contributed by atoms with Gasteiger partial charge in [0.15, 0.2) is 0 Å². The molecule has 184 valence electrons. The summed E-state index contributed by atoms with van der Waals surface area (Å²) in [7, 11) is -1.91. The molecule has 1 heterocycles. The van der Waals surface area contributed by atoms with Crippen LogP contribution in [0.1, 0.15) is 21.5 Å². The number of carboxylic acids is 1. The van der Waals surface area contributed by atoms with Crippen molar-refractivity contribution in [2.24, 2.45) is 7.05 Å². The maximum atomic E-state index is 12.4. The molecule has 0 radical (unpaired) electrons. The van der Waals surface area contributed by atoms with Crippen molar-refractivity contribution in [3.05, 3.63) is 71.3 Å². The van der Waals surface area contributed by atoms with Crippen LogP contribution >= 0.6 is 10.7 Å². The lowest BCUT2D eigenvalue weighted by atomic mass is 9.90. The number of aromatic carboxylic acids is 1. The van der Waals surface area contributed by atoms with Crippen LogP contribution < -0.4 is 4.57 Å². The second-order valence-corrected chi connectivity index (χ2v) is 11.0. The maximum absolute atomic E-state index is 12.4. The van der Waals surface area contributed by atoms with Crippen LogP contribution in [0.15, 0.2) is 59.5 Å². The third kappa shape index (κ3) is 5.59. The quantitative estimate of drug-likeness (QED) is 0.179. The number of aryl methyl sites for hydroxylation is 2. The number of carboxylic acid groups (broad SMARTS) is 1. The van der Waals surface area contributed by atoms with Gasteiger partial charge in [0.05, 0.1) is 21.2 Å². The largest absolute Gasteiger partial charge is 0.722 e. The minimum absolute atomic E-state index is 0.0329. The molecule has 0 fully saturated rings. The van der Waals surface area contributed by atoms with Gasteiger partial charge in [-0.25, -0.2) is 21.6 Å². The highest BCUT2D eigenvalue weighted by atomic mass is 35.7. The van der Waals surface area contributed by atoms with Gasteiger partial charge in [0.2, 0.25) is 11.0 Å². The van der Waals surface area contributed by atoms with Crippen molar-refractivity contribution < 1.29 is 39.7 Å². The topological polar surface area (TPSA) is 133 Å². The number of benzene rings is 3. The van der Waals surface area contributed by atoms with Gasteiger partial charge in [-0.1, -0.05) is 36.4 Å². The lowest BCUT2D eigenvalue weighted by Gasteiger charge is -2.16. The van der Waals surface area contributed by atoms with Gasteiger partial charge >= 0.3 is 5.97 Å². The van der Waals surface area contributed by atoms with E-state index in [0.29, 0.717) is 32.9 Å². The molecule has 0 amide bonds. The molecule has 4 rings (SSSR count). The average molecular weight is 540 g/mol. The van der Waals surface area contributed by atoms with Gasteiger partial charge in [0.25, 0.3) is 19.6 Å². The number of pyridine rings is 1. The summed E-state index contributed by atoms with van der Waals surface area (Å²) in [6.45, 7) is 3.57. The molecule has 0 atom stereocenters. The first-order chi connectivity index (χ1) is 16.1. The molecule has 1 aromatic heterocycles. The Balaban J connectivity index is 0.000000623. The summed E-state index contributed by atoms with van der Waals surface area (Å²) in [6, 6.07) is 16.2. The van der Waals surface area contributed by atoms with Crippen LogP contribution in [0.4, 0.5) is 3.89 Å². The Bertz CT molecular complexity index is 1700. The van der Waals surface area contributed by atoms with Crippen molar-refractivity contribution in [3.8, 4) is 11.1 Å². The number of carbonyl (C=O) groups is 1. The van der Waals surface area contributed by atoms with E-state index in [-0.39, 0.29) is 10.5 Å². The average Bonchev–Trinajstić information content (AvgIpc) is 2.72. The molecule has 35 heavy (non-hydrogen) atoms. The number of nitrogens with zero attached hydrogens (tertiary/aromatic N) is 1. The second-order valence-electron chi connectivity index (χ2n) is 7.73. The first-order valence-electron chi connectivity index (χ1n) is 9.89. The first kappa shape index (κ1) is 26.5. The molecule has 0 saturated carbocycles. The van der Waals surface area contributed by atoms with Gasteiger partial charge in [-0.05, 0) is 36.6 Å². The van der Waals surface area contributed by atoms with Crippen molar-refractivity contribution in [3.63, 3.8) is 0 Å². The van der Waals surface area contributed by atoms with E-state index < -0.39 is 25.5 Å². The van der Waals surface area contributed by atoms with Crippen LogP contribution in [-0.4, -0.2) is 32.5 Å². The molecular formula is C23H19ClFNO7S2. The van der Waals surface area contributed by atoms with E-state index in [4.69, 9.17) is 23.7 Å². The van der Waals surface area contributed by atoms with E-state index in [2.05, 4.69) is 0 Å². The highest BCUT2D eigenvalue weighted by Crippen LogP contribution is 2.39. The van der Waals surface area contributed by atoms with Crippen LogP contribution in [0, 0.1) is 13.8 Å². The SMILES string of the molecule is Cc1ccc2c(C(=O)O)c3c(-c4ccccc4)c(C)c(S(=O)(=O)Cl)cc3[n+](C)c2c1.O=S(=O)([O-])F. The lowest BCUT2D eigenvalue weighted by Crippen LogP contribution is -2.32. The zero-order valence-corrected chi connectivity index (χ0v) is 21.0. The Morgan fingerprint density at radius 2 is 1.57 bits per heavy atom. The Kier molecular flexibility index (Phi) is 7.19. The van der Waals surface area contributed by atoms with Crippen molar-refractivity contribution >= 4 is 58.0 Å². The summed E-state index contributed by atoms with van der Waals surface area (Å²) in [5, 5.41) is 11.2. The third-order valence-corrected chi connectivity index (χ3v) is 6.90. The van der Waals surface area contributed by atoms with E-state index in [1.165, 1.54) is 6.07 Å². The molecule has 3 aromatic carbocycles. The van der Waals surface area contributed by atoms with Crippen LogP contribution in [0.2, 0.25) is 0 Å². The van der Waals surface area contributed by atoms with Gasteiger partial charge in [0.1, 0.15) is 7.05 Å². The van der Waals surface area contributed by atoms with Crippen LogP contribution in [0.5, 0.6) is 0 Å². The zero-order chi connectivity index (χ0) is 26.3. The maximum Gasteiger partial charge on any atom is 0.337 e. The Hall–Kier alpha value is -3.12. The first-order valence-corrected chi connectivity index (χ1v) is 13.5. The third-order valence-electron chi connectivity index (χ3n) is 5.45. The fourth-order valence-corrected chi connectivity index (χ4v) is 5.30. The van der Waals surface area contributed by atoms with E-state index >= 15 is 0 Å². The molecule has 8 nitrogen and oxygen atoms in total. The van der Waals surface area contributed by atoms with Crippen LogP contribution in [0.25, 0.3) is 32.9 Å².